The zero-order valence-electron chi connectivity index (χ0n) is 77.9. The van der Waals surface area contributed by atoms with Gasteiger partial charge in [-0.3, -0.25) is 25.0 Å². The molecule has 0 radical (unpaired) electrons. The van der Waals surface area contributed by atoms with Crippen LogP contribution in [0.15, 0.2) is 425 Å². The summed E-state index contributed by atoms with van der Waals surface area (Å²) in [5.74, 6) is 3.48. The summed E-state index contributed by atoms with van der Waals surface area (Å²) in [7, 11) is 5.07. The number of hydrogen-bond donors (Lipinski definition) is 0. The van der Waals surface area contributed by atoms with Gasteiger partial charge in [-0.1, -0.05) is 271 Å². The van der Waals surface area contributed by atoms with Crippen LogP contribution < -0.4 is 43.4 Å². The normalized spacial score (nSPS) is 19.1. The molecule has 20 rings (SSSR count). The SMILES string of the molecule is CCOc1ccc(N2C(C)C(c3ccc(C)cc3)=NC2c2ccccc2)cc1.COc1ccc(C2=NC(c3ccccc3)N(c3ccc(I)cc3)C2C)cc1.COc1ccc(C2=NC(c3ccccc3)N(c3ccccc3)C2C)cc1.COc1ccc(N2C(C)C(c3ccc(C)cc3)=NC2c2ccccc2)cc1.Cc1ccc(C2=NC(c3ccccc3)N(c3ccc(Cl)cc3)C2C)cc1. The van der Waals surface area contributed by atoms with Crippen LogP contribution in [0.2, 0.25) is 5.02 Å². The van der Waals surface area contributed by atoms with E-state index in [4.69, 9.17) is 55.5 Å². The Labute approximate surface area is 809 Å². The van der Waals surface area contributed by atoms with Crippen LogP contribution in [-0.4, -0.2) is 86.7 Å². The predicted molar refractivity (Wildman–Crippen MR) is 565 cm³/mol. The largest absolute Gasteiger partial charge is 0.497 e. The highest BCUT2D eigenvalue weighted by atomic mass is 127. The third-order valence-corrected chi connectivity index (χ3v) is 26.1. The predicted octanol–water partition coefficient (Wildman–Crippen LogP) is 28.0. The Hall–Kier alpha value is -14.1. The van der Waals surface area contributed by atoms with E-state index in [1.807, 2.05) is 104 Å². The van der Waals surface area contributed by atoms with Gasteiger partial charge >= 0.3 is 0 Å². The van der Waals surface area contributed by atoms with Crippen molar-refractivity contribution in [3.05, 3.63) is 481 Å². The van der Waals surface area contributed by atoms with Gasteiger partial charge in [0.2, 0.25) is 0 Å². The van der Waals surface area contributed by atoms with Crippen LogP contribution in [0.3, 0.4) is 0 Å². The molecular weight excluding hydrogens is 1780 g/mol. The summed E-state index contributed by atoms with van der Waals surface area (Å²) in [5, 5.41) is 0.747. The number of halogens is 2. The van der Waals surface area contributed by atoms with Crippen molar-refractivity contribution in [2.24, 2.45) is 25.0 Å². The summed E-state index contributed by atoms with van der Waals surface area (Å²) in [6.45, 7) is 20.1. The van der Waals surface area contributed by atoms with Gasteiger partial charge in [0.15, 0.2) is 0 Å². The van der Waals surface area contributed by atoms with E-state index in [9.17, 15) is 0 Å². The summed E-state index contributed by atoms with van der Waals surface area (Å²) in [4.78, 5) is 37.6. The van der Waals surface area contributed by atoms with Gasteiger partial charge in [0.05, 0.1) is 86.7 Å². The molecular formula is C118H114ClIN10O4. The molecule has 5 aliphatic rings. The Morgan fingerprint density at radius 2 is 0.440 bits per heavy atom. The number of nitrogens with zero attached hydrogens (tertiary/aromatic N) is 10. The highest BCUT2D eigenvalue weighted by molar-refractivity contribution is 14.1. The highest BCUT2D eigenvalue weighted by Gasteiger charge is 2.41. The number of rotatable bonds is 20. The number of aryl methyl sites for hydroxylation is 3. The van der Waals surface area contributed by atoms with E-state index in [1.165, 1.54) is 76.1 Å². The van der Waals surface area contributed by atoms with Crippen molar-refractivity contribution in [1.82, 2.24) is 0 Å². The lowest BCUT2D eigenvalue weighted by Gasteiger charge is -2.30. The van der Waals surface area contributed by atoms with Gasteiger partial charge in [0, 0.05) is 37.0 Å². The molecule has 10 unspecified atom stereocenters. The van der Waals surface area contributed by atoms with Gasteiger partial charge in [-0.25, -0.2) is 0 Å². The van der Waals surface area contributed by atoms with Crippen LogP contribution in [0.25, 0.3) is 0 Å². The monoisotopic (exact) mass is 1900 g/mol. The van der Waals surface area contributed by atoms with Crippen LogP contribution in [0.1, 0.15) is 145 Å². The molecule has 0 amide bonds. The molecule has 15 aromatic carbocycles. The second kappa shape index (κ2) is 43.9. The minimum atomic E-state index is -0.0383. The fourth-order valence-electron chi connectivity index (χ4n) is 18.1. The lowest BCUT2D eigenvalue weighted by Crippen LogP contribution is -2.35. The van der Waals surface area contributed by atoms with E-state index >= 15 is 0 Å². The summed E-state index contributed by atoms with van der Waals surface area (Å²) in [6.07, 6.45) is -0.163. The van der Waals surface area contributed by atoms with Gasteiger partial charge in [-0.05, 0) is 298 Å². The smallest absolute Gasteiger partial charge is 0.148 e. The van der Waals surface area contributed by atoms with Gasteiger partial charge in [-0.15, -0.1) is 0 Å². The maximum Gasteiger partial charge on any atom is 0.148 e. The number of aliphatic imine (C=N–C) groups is 5. The molecule has 0 aliphatic carbocycles. The molecule has 5 heterocycles. The summed E-state index contributed by atoms with van der Waals surface area (Å²) in [5.41, 5.74) is 27.0. The van der Waals surface area contributed by atoms with Crippen molar-refractivity contribution in [1.29, 1.82) is 0 Å². The fourth-order valence-corrected chi connectivity index (χ4v) is 18.6. The fraction of sp³-hybridized carbons (Fsp3) is 0.195. The van der Waals surface area contributed by atoms with Crippen LogP contribution in [0.4, 0.5) is 28.4 Å². The first-order valence-corrected chi connectivity index (χ1v) is 47.4. The van der Waals surface area contributed by atoms with Crippen molar-refractivity contribution >= 4 is 91.2 Å². The van der Waals surface area contributed by atoms with Gasteiger partial charge in [0.25, 0.3) is 0 Å². The van der Waals surface area contributed by atoms with Crippen molar-refractivity contribution in [2.75, 3.05) is 52.4 Å². The number of benzene rings is 15. The molecule has 134 heavy (non-hydrogen) atoms. The summed E-state index contributed by atoms with van der Waals surface area (Å²) in [6, 6.07) is 139. The van der Waals surface area contributed by atoms with E-state index < -0.39 is 0 Å². The standard InChI is InChI=1S/C25H26N2O.C24H24N2O.C23H21ClN2.C23H21IN2O.C23H22N2O/c1-4-28-23-16-14-22(15-17-23)27-19(3)24(20-12-10-18(2)11-13-20)26-25(27)21-8-6-5-7-9-21;1-17-9-11-19(12-10-17)23-18(2)26(21-13-15-22(27-3)16-14-21)24(25-23)20-7-5-4-6-8-20;1-16-8-10-18(11-9-16)22-17(2)26(21-14-12-20(24)13-15-21)23(25-22)19-6-4-3-5-7-19;1-16-22(17-8-14-21(27-2)15-9-17)25-23(18-6-4-3-5-7-18)26(16)20-12-10-19(24)11-13-20;1-17-22(18-13-15-21(26-2)16-14-18)24-23(19-9-5-3-6-10-19)25(17)20-11-7-4-8-12-20/h5-17,19,25H,4H2,1-3H3;4-16,18,24H,1-3H3;3-15,17,23H,1-2H3;3-16,23H,1-2H3;3-17,23H,1-2H3. The average molecular weight is 1900 g/mol. The van der Waals surface area contributed by atoms with Crippen LogP contribution in [-0.2, 0) is 0 Å². The Bertz CT molecular complexity index is 6470. The lowest BCUT2D eigenvalue weighted by molar-refractivity contribution is 0.340. The maximum absolute atomic E-state index is 6.10. The van der Waals surface area contributed by atoms with Crippen molar-refractivity contribution in [2.45, 2.75) is 123 Å². The molecule has 5 aliphatic heterocycles. The first kappa shape index (κ1) is 93.1. The molecule has 0 spiro atoms. The number of anilines is 5. The number of para-hydroxylation sites is 1. The second-order valence-electron chi connectivity index (χ2n) is 33.9. The number of ether oxygens (including phenoxy) is 4. The van der Waals surface area contributed by atoms with Crippen LogP contribution in [0.5, 0.6) is 23.0 Å². The topological polar surface area (TPSA) is 115 Å². The molecule has 674 valence electrons. The molecule has 0 fully saturated rings. The molecule has 0 saturated heterocycles. The second-order valence-corrected chi connectivity index (χ2v) is 35.6. The van der Waals surface area contributed by atoms with Crippen molar-refractivity contribution < 1.29 is 18.9 Å². The molecule has 0 aromatic heterocycles. The average Bonchev–Trinajstić information content (AvgIpc) is 1.65. The third-order valence-electron chi connectivity index (χ3n) is 25.1. The zero-order valence-corrected chi connectivity index (χ0v) is 80.9. The van der Waals surface area contributed by atoms with Crippen LogP contribution >= 0.6 is 34.2 Å². The highest BCUT2D eigenvalue weighted by Crippen LogP contribution is 2.45. The summed E-state index contributed by atoms with van der Waals surface area (Å²) < 4.78 is 22.8. The zero-order chi connectivity index (χ0) is 93.1. The van der Waals surface area contributed by atoms with E-state index in [2.05, 4.69) is 406 Å². The van der Waals surface area contributed by atoms with E-state index in [-0.39, 0.29) is 61.0 Å². The van der Waals surface area contributed by atoms with E-state index in [1.54, 1.807) is 21.3 Å². The van der Waals surface area contributed by atoms with Crippen molar-refractivity contribution in [3.8, 4) is 23.0 Å². The first-order valence-electron chi connectivity index (χ1n) is 45.9. The molecule has 14 nitrogen and oxygen atoms in total. The first-order chi connectivity index (χ1) is 65.4. The molecule has 15 aromatic rings. The van der Waals surface area contributed by atoms with E-state index in [0.717, 1.165) is 84.8 Å². The molecule has 0 saturated carbocycles. The third kappa shape index (κ3) is 21.6. The van der Waals surface area contributed by atoms with E-state index in [0.29, 0.717) is 6.61 Å². The Balaban J connectivity index is 0.000000122. The Kier molecular flexibility index (Phi) is 30.5. The van der Waals surface area contributed by atoms with Gasteiger partial charge in [-0.2, -0.15) is 0 Å². The summed E-state index contributed by atoms with van der Waals surface area (Å²) >= 11 is 8.44. The number of methoxy groups -OCH3 is 3. The van der Waals surface area contributed by atoms with Gasteiger partial charge in [0.1, 0.15) is 53.8 Å². The lowest BCUT2D eigenvalue weighted by atomic mass is 10.0. The Morgan fingerprint density at radius 1 is 0.246 bits per heavy atom. The molecule has 10 atom stereocenters. The van der Waals surface area contributed by atoms with Crippen molar-refractivity contribution in [3.63, 3.8) is 0 Å². The quantitative estimate of drug-likeness (QED) is 0.0688. The molecule has 16 heteroatoms. The van der Waals surface area contributed by atoms with Crippen LogP contribution in [0, 0.1) is 24.3 Å². The number of hydrogen-bond acceptors (Lipinski definition) is 14. The maximum atomic E-state index is 6.10. The minimum absolute atomic E-state index is 0.0225. The Morgan fingerprint density at radius 3 is 0.672 bits per heavy atom. The minimum Gasteiger partial charge on any atom is -0.497 e. The molecule has 0 N–H and O–H groups in total. The molecule has 0 bridgehead atoms. The van der Waals surface area contributed by atoms with Gasteiger partial charge < -0.3 is 43.4 Å².